The van der Waals surface area contributed by atoms with Crippen molar-refractivity contribution in [2.45, 2.75) is 32.2 Å². The third-order valence-corrected chi connectivity index (χ3v) is 3.81. The highest BCUT2D eigenvalue weighted by molar-refractivity contribution is 4.92. The van der Waals surface area contributed by atoms with Crippen molar-refractivity contribution in [2.24, 2.45) is 17.6 Å². The summed E-state index contributed by atoms with van der Waals surface area (Å²) >= 11 is 0. The lowest BCUT2D eigenvalue weighted by Gasteiger charge is -2.49. The van der Waals surface area contributed by atoms with Crippen LogP contribution in [0.5, 0.6) is 0 Å². The van der Waals surface area contributed by atoms with Crippen LogP contribution in [-0.2, 0) is 0 Å². The minimum Gasteiger partial charge on any atom is -0.329 e. The molecule has 3 aliphatic rings. The summed E-state index contributed by atoms with van der Waals surface area (Å²) in [4.78, 5) is 2.61. The molecule has 0 radical (unpaired) electrons. The Balaban J connectivity index is 2.01. The molecule has 0 saturated carbocycles. The van der Waals surface area contributed by atoms with Crippen LogP contribution in [0.25, 0.3) is 0 Å². The molecule has 70 valence electrons. The third-order valence-electron chi connectivity index (χ3n) is 3.81. The zero-order valence-electron chi connectivity index (χ0n) is 8.00. The molecule has 0 spiro atoms. The predicted octanol–water partition coefficient (Wildman–Crippen LogP) is 1.07. The van der Waals surface area contributed by atoms with Gasteiger partial charge in [0.05, 0.1) is 0 Å². The first-order valence-corrected chi connectivity index (χ1v) is 5.29. The maximum absolute atomic E-state index is 5.74. The van der Waals surface area contributed by atoms with Gasteiger partial charge in [0.1, 0.15) is 0 Å². The number of nitrogens with zero attached hydrogens (tertiary/aromatic N) is 1. The normalized spacial score (nSPS) is 46.5. The van der Waals surface area contributed by atoms with Crippen LogP contribution in [0.4, 0.5) is 0 Å². The molecule has 4 atom stereocenters. The van der Waals surface area contributed by atoms with Crippen LogP contribution in [0.2, 0.25) is 0 Å². The van der Waals surface area contributed by atoms with Gasteiger partial charge in [0.25, 0.3) is 0 Å². The van der Waals surface area contributed by atoms with Gasteiger partial charge in [-0.2, -0.15) is 0 Å². The van der Waals surface area contributed by atoms with E-state index >= 15 is 0 Å². The highest BCUT2D eigenvalue weighted by Gasteiger charge is 2.38. The molecule has 0 aromatic heterocycles. The monoisotopic (exact) mass is 168 g/mol. The van der Waals surface area contributed by atoms with E-state index in [1.165, 1.54) is 32.4 Å². The van der Waals surface area contributed by atoms with Crippen LogP contribution in [-0.4, -0.2) is 30.6 Å². The first-order valence-electron chi connectivity index (χ1n) is 5.29. The average Bonchev–Trinajstić information content (AvgIpc) is 2.18. The molecule has 2 bridgehead atoms. The summed E-state index contributed by atoms with van der Waals surface area (Å²) in [7, 11) is 0. The number of fused-ring (bicyclic) bond motifs is 3. The molecule has 2 N–H and O–H groups in total. The first-order chi connectivity index (χ1) is 5.85. The maximum Gasteiger partial charge on any atom is 0.0221 e. The second-order valence-corrected chi connectivity index (χ2v) is 4.34. The molecule has 0 aromatic carbocycles. The number of hydrogen-bond acceptors (Lipinski definition) is 2. The van der Waals surface area contributed by atoms with Crippen molar-refractivity contribution in [1.29, 1.82) is 0 Å². The number of hydrogen-bond donors (Lipinski definition) is 1. The summed E-state index contributed by atoms with van der Waals surface area (Å²) in [6.07, 6.45) is 4.16. The number of nitrogens with two attached hydrogens (primary N) is 1. The zero-order chi connectivity index (χ0) is 8.55. The molecule has 3 rings (SSSR count). The molecule has 0 aliphatic carbocycles. The van der Waals surface area contributed by atoms with Crippen LogP contribution >= 0.6 is 0 Å². The molecule has 12 heavy (non-hydrogen) atoms. The van der Waals surface area contributed by atoms with E-state index in [0.717, 1.165) is 18.4 Å². The van der Waals surface area contributed by atoms with Crippen LogP contribution in [0, 0.1) is 11.8 Å². The molecule has 3 aliphatic heterocycles. The van der Waals surface area contributed by atoms with Gasteiger partial charge < -0.3 is 5.73 Å². The number of piperidine rings is 3. The fourth-order valence-electron chi connectivity index (χ4n) is 2.96. The Morgan fingerprint density at radius 2 is 2.33 bits per heavy atom. The summed E-state index contributed by atoms with van der Waals surface area (Å²) in [6, 6.07) is 0.714. The highest BCUT2D eigenvalue weighted by Crippen LogP contribution is 2.37. The van der Waals surface area contributed by atoms with E-state index in [1.807, 2.05) is 0 Å². The van der Waals surface area contributed by atoms with E-state index in [9.17, 15) is 0 Å². The Labute approximate surface area is 75.1 Å². The van der Waals surface area contributed by atoms with Gasteiger partial charge in [0, 0.05) is 19.1 Å². The smallest absolute Gasteiger partial charge is 0.0221 e. The van der Waals surface area contributed by atoms with Gasteiger partial charge in [0.2, 0.25) is 0 Å². The fraction of sp³-hybridized carbons (Fsp3) is 1.00. The molecular formula is C10H20N2. The lowest BCUT2D eigenvalue weighted by atomic mass is 9.74. The van der Waals surface area contributed by atoms with Gasteiger partial charge in [-0.25, -0.2) is 0 Å². The summed E-state index contributed by atoms with van der Waals surface area (Å²) in [5, 5.41) is 0. The second kappa shape index (κ2) is 3.35. The Morgan fingerprint density at radius 3 is 2.83 bits per heavy atom. The van der Waals surface area contributed by atoms with Crippen LogP contribution in [0.3, 0.4) is 0 Å². The average molecular weight is 168 g/mol. The Kier molecular flexibility index (Phi) is 2.37. The van der Waals surface area contributed by atoms with Crippen molar-refractivity contribution in [3.8, 4) is 0 Å². The maximum atomic E-state index is 5.74. The molecule has 3 heterocycles. The van der Waals surface area contributed by atoms with Crippen molar-refractivity contribution < 1.29 is 0 Å². The van der Waals surface area contributed by atoms with Crippen LogP contribution in [0.1, 0.15) is 26.2 Å². The van der Waals surface area contributed by atoms with Crippen molar-refractivity contribution in [3.05, 3.63) is 0 Å². The zero-order valence-corrected chi connectivity index (χ0v) is 8.00. The molecular weight excluding hydrogens is 148 g/mol. The summed E-state index contributed by atoms with van der Waals surface area (Å²) in [5.74, 6) is 1.97. The van der Waals surface area contributed by atoms with E-state index in [-0.39, 0.29) is 0 Å². The van der Waals surface area contributed by atoms with Crippen LogP contribution in [0.15, 0.2) is 0 Å². The van der Waals surface area contributed by atoms with E-state index in [4.69, 9.17) is 5.73 Å². The van der Waals surface area contributed by atoms with Crippen molar-refractivity contribution in [3.63, 3.8) is 0 Å². The Morgan fingerprint density at radius 1 is 1.50 bits per heavy atom. The first kappa shape index (κ1) is 8.52. The minimum absolute atomic E-state index is 0.714. The van der Waals surface area contributed by atoms with Crippen molar-refractivity contribution in [1.82, 2.24) is 4.90 Å². The minimum atomic E-state index is 0.714. The van der Waals surface area contributed by atoms with E-state index < -0.39 is 0 Å². The molecule has 2 heteroatoms. The number of rotatable bonds is 2. The van der Waals surface area contributed by atoms with Gasteiger partial charge in [-0.15, -0.1) is 0 Å². The predicted molar refractivity (Wildman–Crippen MR) is 50.9 cm³/mol. The fourth-order valence-corrected chi connectivity index (χ4v) is 2.96. The third kappa shape index (κ3) is 1.27. The topological polar surface area (TPSA) is 29.3 Å². The Hall–Kier alpha value is -0.0800. The SMILES string of the molecule is CC[C@H]1CN2CC[C@H]1C[C@@H]2CN. The summed E-state index contributed by atoms with van der Waals surface area (Å²) in [6.45, 7) is 5.82. The van der Waals surface area contributed by atoms with Crippen molar-refractivity contribution in [2.75, 3.05) is 19.6 Å². The molecule has 2 nitrogen and oxygen atoms in total. The summed E-state index contributed by atoms with van der Waals surface area (Å²) in [5.41, 5.74) is 5.74. The van der Waals surface area contributed by atoms with E-state index in [2.05, 4.69) is 11.8 Å². The summed E-state index contributed by atoms with van der Waals surface area (Å²) < 4.78 is 0. The van der Waals surface area contributed by atoms with Gasteiger partial charge in [-0.05, 0) is 31.2 Å². The second-order valence-electron chi connectivity index (χ2n) is 4.34. The van der Waals surface area contributed by atoms with Gasteiger partial charge in [-0.1, -0.05) is 13.3 Å². The molecule has 0 amide bonds. The van der Waals surface area contributed by atoms with E-state index in [1.54, 1.807) is 0 Å². The standard InChI is InChI=1S/C10H20N2/c1-2-8-7-12-4-3-9(8)5-10(12)6-11/h8-10H,2-7,11H2,1H3/t8-,9-,10+/m0/s1. The Bertz CT molecular complexity index is 140. The van der Waals surface area contributed by atoms with Crippen molar-refractivity contribution >= 4 is 0 Å². The van der Waals surface area contributed by atoms with Gasteiger partial charge in [0.15, 0.2) is 0 Å². The lowest BCUT2D eigenvalue weighted by Crippen LogP contribution is -2.55. The van der Waals surface area contributed by atoms with Crippen LogP contribution < -0.4 is 5.73 Å². The largest absolute Gasteiger partial charge is 0.329 e. The lowest BCUT2D eigenvalue weighted by molar-refractivity contribution is 0.00372. The van der Waals surface area contributed by atoms with Gasteiger partial charge >= 0.3 is 0 Å². The molecule has 1 unspecified atom stereocenters. The van der Waals surface area contributed by atoms with E-state index in [0.29, 0.717) is 6.04 Å². The highest BCUT2D eigenvalue weighted by atomic mass is 15.2. The quantitative estimate of drug-likeness (QED) is 0.668. The van der Waals surface area contributed by atoms with Gasteiger partial charge in [-0.3, -0.25) is 4.90 Å². The molecule has 3 saturated heterocycles. The molecule has 3 fully saturated rings. The molecule has 0 aromatic rings.